The Morgan fingerprint density at radius 3 is 2.93 bits per heavy atom. The minimum atomic E-state index is -0.627. The summed E-state index contributed by atoms with van der Waals surface area (Å²) in [5, 5.41) is 9.07. The van der Waals surface area contributed by atoms with Crippen LogP contribution in [0.5, 0.6) is 5.75 Å². The SMILES string of the molecule is CCn1ccnc1-c1ccc(O)c(F)c1. The predicted molar refractivity (Wildman–Crippen MR) is 55.0 cm³/mol. The molecule has 15 heavy (non-hydrogen) atoms. The number of hydrogen-bond acceptors (Lipinski definition) is 2. The molecule has 0 atom stereocenters. The number of phenolic OH excluding ortho intramolecular Hbond substituents is 1. The molecular formula is C11H11FN2O. The minimum absolute atomic E-state index is 0.339. The summed E-state index contributed by atoms with van der Waals surface area (Å²) in [7, 11) is 0. The van der Waals surface area contributed by atoms with Gasteiger partial charge in [-0.05, 0) is 25.1 Å². The lowest BCUT2D eigenvalue weighted by atomic mass is 10.2. The highest BCUT2D eigenvalue weighted by molar-refractivity contribution is 5.57. The number of halogens is 1. The third-order valence-electron chi connectivity index (χ3n) is 2.26. The second-order valence-corrected chi connectivity index (χ2v) is 3.20. The summed E-state index contributed by atoms with van der Waals surface area (Å²) in [5.74, 6) is -0.261. The summed E-state index contributed by atoms with van der Waals surface area (Å²) in [5.41, 5.74) is 0.664. The molecule has 2 aromatic rings. The zero-order chi connectivity index (χ0) is 10.8. The summed E-state index contributed by atoms with van der Waals surface area (Å²) in [4.78, 5) is 4.14. The van der Waals surface area contributed by atoms with Crippen LogP contribution >= 0.6 is 0 Å². The van der Waals surface area contributed by atoms with Crippen LogP contribution in [0.1, 0.15) is 6.92 Å². The van der Waals surface area contributed by atoms with Gasteiger partial charge in [-0.1, -0.05) is 0 Å². The Balaban J connectivity index is 2.50. The highest BCUT2D eigenvalue weighted by Crippen LogP contribution is 2.23. The lowest BCUT2D eigenvalue weighted by Gasteiger charge is -2.05. The number of imidazole rings is 1. The zero-order valence-corrected chi connectivity index (χ0v) is 8.31. The van der Waals surface area contributed by atoms with E-state index in [-0.39, 0.29) is 5.75 Å². The quantitative estimate of drug-likeness (QED) is 0.819. The Labute approximate surface area is 86.8 Å². The Morgan fingerprint density at radius 1 is 1.47 bits per heavy atom. The van der Waals surface area contributed by atoms with Crippen molar-refractivity contribution in [2.45, 2.75) is 13.5 Å². The molecule has 2 rings (SSSR count). The topological polar surface area (TPSA) is 38.0 Å². The van der Waals surface area contributed by atoms with Crippen LogP contribution in [0.3, 0.4) is 0 Å². The third kappa shape index (κ3) is 1.70. The van der Waals surface area contributed by atoms with Crippen molar-refractivity contribution in [3.8, 4) is 17.1 Å². The van der Waals surface area contributed by atoms with Gasteiger partial charge in [0.05, 0.1) is 0 Å². The van der Waals surface area contributed by atoms with Crippen molar-refractivity contribution >= 4 is 0 Å². The van der Waals surface area contributed by atoms with Crippen molar-refractivity contribution in [2.24, 2.45) is 0 Å². The summed E-state index contributed by atoms with van der Waals surface area (Å²) in [6, 6.07) is 4.26. The van der Waals surface area contributed by atoms with E-state index in [0.29, 0.717) is 11.4 Å². The van der Waals surface area contributed by atoms with E-state index < -0.39 is 5.82 Å². The van der Waals surface area contributed by atoms with Gasteiger partial charge in [0, 0.05) is 24.5 Å². The van der Waals surface area contributed by atoms with E-state index in [0.717, 1.165) is 6.54 Å². The fourth-order valence-corrected chi connectivity index (χ4v) is 1.47. The monoisotopic (exact) mass is 206 g/mol. The molecule has 1 heterocycles. The predicted octanol–water partition coefficient (Wildman–Crippen LogP) is 2.41. The molecule has 3 nitrogen and oxygen atoms in total. The summed E-state index contributed by atoms with van der Waals surface area (Å²) >= 11 is 0. The van der Waals surface area contributed by atoms with Gasteiger partial charge in [0.15, 0.2) is 11.6 Å². The van der Waals surface area contributed by atoms with E-state index in [1.54, 1.807) is 12.3 Å². The van der Waals surface area contributed by atoms with Crippen LogP contribution in [0, 0.1) is 5.82 Å². The van der Waals surface area contributed by atoms with Crippen molar-refractivity contribution in [2.75, 3.05) is 0 Å². The molecule has 4 heteroatoms. The van der Waals surface area contributed by atoms with Gasteiger partial charge in [-0.25, -0.2) is 9.37 Å². The normalized spacial score (nSPS) is 10.5. The highest BCUT2D eigenvalue weighted by Gasteiger charge is 2.07. The molecule has 0 radical (unpaired) electrons. The fraction of sp³-hybridized carbons (Fsp3) is 0.182. The molecular weight excluding hydrogens is 195 g/mol. The van der Waals surface area contributed by atoms with Crippen LogP contribution in [-0.2, 0) is 6.54 Å². The van der Waals surface area contributed by atoms with E-state index in [4.69, 9.17) is 5.11 Å². The van der Waals surface area contributed by atoms with Gasteiger partial charge in [0.25, 0.3) is 0 Å². The lowest BCUT2D eigenvalue weighted by Crippen LogP contribution is -1.96. The van der Waals surface area contributed by atoms with E-state index in [1.807, 2.05) is 17.7 Å². The first-order valence-corrected chi connectivity index (χ1v) is 4.72. The molecule has 0 saturated heterocycles. The molecule has 0 amide bonds. The van der Waals surface area contributed by atoms with Gasteiger partial charge in [-0.15, -0.1) is 0 Å². The van der Waals surface area contributed by atoms with Gasteiger partial charge in [0.1, 0.15) is 5.82 Å². The number of nitrogens with zero attached hydrogens (tertiary/aromatic N) is 2. The minimum Gasteiger partial charge on any atom is -0.505 e. The Kier molecular flexibility index (Phi) is 2.41. The smallest absolute Gasteiger partial charge is 0.165 e. The van der Waals surface area contributed by atoms with Gasteiger partial charge in [-0.2, -0.15) is 0 Å². The molecule has 1 aromatic heterocycles. The first-order valence-electron chi connectivity index (χ1n) is 4.72. The average Bonchev–Trinajstić information content (AvgIpc) is 2.70. The number of hydrogen-bond donors (Lipinski definition) is 1. The summed E-state index contributed by atoms with van der Waals surface area (Å²) in [6.45, 7) is 2.76. The van der Waals surface area contributed by atoms with Crippen LogP contribution in [0.25, 0.3) is 11.4 Å². The number of aryl methyl sites for hydroxylation is 1. The van der Waals surface area contributed by atoms with Crippen molar-refractivity contribution < 1.29 is 9.50 Å². The number of phenols is 1. The van der Waals surface area contributed by atoms with Crippen LogP contribution < -0.4 is 0 Å². The maximum atomic E-state index is 13.1. The molecule has 0 saturated carbocycles. The van der Waals surface area contributed by atoms with Crippen LogP contribution in [0.15, 0.2) is 30.6 Å². The standard InChI is InChI=1S/C11H11FN2O/c1-2-14-6-5-13-11(14)8-3-4-10(15)9(12)7-8/h3-7,15H,2H2,1H3. The molecule has 0 spiro atoms. The van der Waals surface area contributed by atoms with Gasteiger partial charge >= 0.3 is 0 Å². The largest absolute Gasteiger partial charge is 0.505 e. The maximum Gasteiger partial charge on any atom is 0.165 e. The zero-order valence-electron chi connectivity index (χ0n) is 8.31. The third-order valence-corrected chi connectivity index (χ3v) is 2.26. The Morgan fingerprint density at radius 2 is 2.27 bits per heavy atom. The Hall–Kier alpha value is -1.84. The molecule has 0 aliphatic rings. The lowest BCUT2D eigenvalue weighted by molar-refractivity contribution is 0.432. The van der Waals surface area contributed by atoms with Gasteiger partial charge in [-0.3, -0.25) is 0 Å². The number of aromatic hydroxyl groups is 1. The highest BCUT2D eigenvalue weighted by atomic mass is 19.1. The van der Waals surface area contributed by atoms with E-state index >= 15 is 0 Å². The second-order valence-electron chi connectivity index (χ2n) is 3.20. The van der Waals surface area contributed by atoms with Crippen molar-refractivity contribution in [3.63, 3.8) is 0 Å². The second kappa shape index (κ2) is 3.73. The summed E-state index contributed by atoms with van der Waals surface area (Å²) < 4.78 is 15.0. The molecule has 0 aliphatic heterocycles. The first kappa shape index (κ1) is 9.71. The van der Waals surface area contributed by atoms with Crippen LogP contribution in [0.4, 0.5) is 4.39 Å². The first-order chi connectivity index (χ1) is 7.22. The molecule has 0 fully saturated rings. The van der Waals surface area contributed by atoms with Crippen molar-refractivity contribution in [1.29, 1.82) is 0 Å². The number of aromatic nitrogens is 2. The Bertz CT molecular complexity index is 479. The van der Waals surface area contributed by atoms with E-state index in [1.165, 1.54) is 12.1 Å². The number of benzene rings is 1. The van der Waals surface area contributed by atoms with Gasteiger partial charge in [0.2, 0.25) is 0 Å². The van der Waals surface area contributed by atoms with Crippen LogP contribution in [-0.4, -0.2) is 14.7 Å². The van der Waals surface area contributed by atoms with Crippen molar-refractivity contribution in [1.82, 2.24) is 9.55 Å². The fourth-order valence-electron chi connectivity index (χ4n) is 1.47. The average molecular weight is 206 g/mol. The van der Waals surface area contributed by atoms with Crippen molar-refractivity contribution in [3.05, 3.63) is 36.4 Å². The molecule has 0 bridgehead atoms. The molecule has 1 aromatic carbocycles. The van der Waals surface area contributed by atoms with Gasteiger partial charge < -0.3 is 9.67 Å². The molecule has 0 aliphatic carbocycles. The van der Waals surface area contributed by atoms with Crippen LogP contribution in [0.2, 0.25) is 0 Å². The van der Waals surface area contributed by atoms with E-state index in [2.05, 4.69) is 4.98 Å². The molecule has 0 unspecified atom stereocenters. The number of rotatable bonds is 2. The summed E-state index contributed by atoms with van der Waals surface area (Å²) in [6.07, 6.45) is 3.50. The van der Waals surface area contributed by atoms with E-state index in [9.17, 15) is 4.39 Å². The molecule has 78 valence electrons. The maximum absolute atomic E-state index is 13.1. The molecule has 1 N–H and O–H groups in total.